The van der Waals surface area contributed by atoms with E-state index in [1.54, 1.807) is 24.3 Å². The number of furan rings is 1. The fraction of sp³-hybridized carbons (Fsp3) is 0.278. The number of ether oxygens (including phenoxy) is 1. The van der Waals surface area contributed by atoms with Crippen LogP contribution in [0.3, 0.4) is 0 Å². The molecule has 3 aromatic rings. The van der Waals surface area contributed by atoms with Crippen molar-refractivity contribution < 1.29 is 18.4 Å². The van der Waals surface area contributed by atoms with Crippen LogP contribution < -0.4 is 0 Å². The minimum atomic E-state index is -0.437. The molecular weight excluding hydrogens is 308 g/mol. The summed E-state index contributed by atoms with van der Waals surface area (Å²) in [7, 11) is 0. The van der Waals surface area contributed by atoms with Crippen LogP contribution in [0.25, 0.3) is 11.7 Å². The predicted octanol–water partition coefficient (Wildman–Crippen LogP) is 3.98. The zero-order valence-electron chi connectivity index (χ0n) is 13.8. The lowest BCUT2D eigenvalue weighted by Gasteiger charge is -2.18. The standard InChI is InChI=1S/C18H18N2O4/c1-18(2,3)13-8-6-12(7-9-13)17(21)23-11-15-19-20-16(24-15)14-5-4-10-22-14/h4-10H,11H2,1-3H3. The van der Waals surface area contributed by atoms with E-state index in [0.717, 1.165) is 5.56 Å². The number of benzene rings is 1. The lowest BCUT2D eigenvalue weighted by atomic mass is 9.87. The Bertz CT molecular complexity index is 812. The van der Waals surface area contributed by atoms with E-state index in [0.29, 0.717) is 11.3 Å². The zero-order chi connectivity index (χ0) is 17.2. The molecule has 0 aliphatic rings. The summed E-state index contributed by atoms with van der Waals surface area (Å²) < 4.78 is 15.8. The van der Waals surface area contributed by atoms with E-state index >= 15 is 0 Å². The molecule has 0 aliphatic carbocycles. The average Bonchev–Trinajstić information content (AvgIpc) is 3.23. The average molecular weight is 326 g/mol. The van der Waals surface area contributed by atoms with E-state index in [-0.39, 0.29) is 23.8 Å². The molecule has 2 heterocycles. The van der Waals surface area contributed by atoms with Crippen LogP contribution in [0.15, 0.2) is 51.5 Å². The molecule has 0 fully saturated rings. The van der Waals surface area contributed by atoms with Crippen LogP contribution in [0.1, 0.15) is 42.6 Å². The first-order valence-corrected chi connectivity index (χ1v) is 7.57. The number of hydrogen-bond acceptors (Lipinski definition) is 6. The molecule has 24 heavy (non-hydrogen) atoms. The van der Waals surface area contributed by atoms with Gasteiger partial charge in [0.1, 0.15) is 0 Å². The fourth-order valence-corrected chi connectivity index (χ4v) is 2.13. The van der Waals surface area contributed by atoms with E-state index in [2.05, 4.69) is 31.0 Å². The summed E-state index contributed by atoms with van der Waals surface area (Å²) in [4.78, 5) is 12.1. The molecule has 2 aromatic heterocycles. The highest BCUT2D eigenvalue weighted by Gasteiger charge is 2.16. The Hall–Kier alpha value is -2.89. The van der Waals surface area contributed by atoms with Crippen LogP contribution in [-0.4, -0.2) is 16.2 Å². The van der Waals surface area contributed by atoms with Crippen molar-refractivity contribution in [3.8, 4) is 11.7 Å². The lowest BCUT2D eigenvalue weighted by Crippen LogP contribution is -2.12. The minimum absolute atomic E-state index is 0.0362. The van der Waals surface area contributed by atoms with E-state index < -0.39 is 5.97 Å². The Labute approximate surface area is 139 Å². The molecule has 124 valence electrons. The van der Waals surface area contributed by atoms with Gasteiger partial charge >= 0.3 is 5.97 Å². The molecule has 0 aliphatic heterocycles. The highest BCUT2D eigenvalue weighted by Crippen LogP contribution is 2.22. The first-order valence-electron chi connectivity index (χ1n) is 7.57. The van der Waals surface area contributed by atoms with Crippen LogP contribution in [-0.2, 0) is 16.8 Å². The molecule has 6 heteroatoms. The number of aromatic nitrogens is 2. The molecule has 6 nitrogen and oxygen atoms in total. The van der Waals surface area contributed by atoms with Gasteiger partial charge in [-0.05, 0) is 35.2 Å². The van der Waals surface area contributed by atoms with Crippen LogP contribution >= 0.6 is 0 Å². The van der Waals surface area contributed by atoms with Crippen molar-refractivity contribution in [3.05, 3.63) is 59.7 Å². The summed E-state index contributed by atoms with van der Waals surface area (Å²) in [6, 6.07) is 10.8. The second-order valence-corrected chi connectivity index (χ2v) is 6.38. The molecular formula is C18H18N2O4. The Morgan fingerprint density at radius 2 is 1.88 bits per heavy atom. The summed E-state index contributed by atoms with van der Waals surface area (Å²) in [5.74, 6) is 0.493. The molecule has 0 saturated carbocycles. The molecule has 0 radical (unpaired) electrons. The van der Waals surface area contributed by atoms with Gasteiger partial charge in [-0.15, -0.1) is 10.2 Å². The summed E-state index contributed by atoms with van der Waals surface area (Å²) in [6.45, 7) is 6.26. The maximum Gasteiger partial charge on any atom is 0.338 e. The molecule has 0 atom stereocenters. The van der Waals surface area contributed by atoms with E-state index in [4.69, 9.17) is 13.6 Å². The normalized spacial score (nSPS) is 11.5. The van der Waals surface area contributed by atoms with Gasteiger partial charge in [-0.1, -0.05) is 32.9 Å². The molecule has 1 aromatic carbocycles. The van der Waals surface area contributed by atoms with Gasteiger partial charge in [0.15, 0.2) is 12.4 Å². The molecule has 0 unspecified atom stereocenters. The van der Waals surface area contributed by atoms with Crippen molar-refractivity contribution in [2.75, 3.05) is 0 Å². The lowest BCUT2D eigenvalue weighted by molar-refractivity contribution is 0.0438. The van der Waals surface area contributed by atoms with Crippen molar-refractivity contribution in [2.24, 2.45) is 0 Å². The Morgan fingerprint density at radius 3 is 2.50 bits per heavy atom. The summed E-state index contributed by atoms with van der Waals surface area (Å²) >= 11 is 0. The van der Waals surface area contributed by atoms with Crippen molar-refractivity contribution in [2.45, 2.75) is 32.8 Å². The Morgan fingerprint density at radius 1 is 1.12 bits per heavy atom. The van der Waals surface area contributed by atoms with Gasteiger partial charge in [-0.3, -0.25) is 0 Å². The van der Waals surface area contributed by atoms with E-state index in [9.17, 15) is 4.79 Å². The number of carbonyl (C=O) groups excluding carboxylic acids is 1. The molecule has 0 saturated heterocycles. The highest BCUT2D eigenvalue weighted by molar-refractivity contribution is 5.89. The minimum Gasteiger partial charge on any atom is -0.459 e. The summed E-state index contributed by atoms with van der Waals surface area (Å²) in [6.07, 6.45) is 1.51. The topological polar surface area (TPSA) is 78.4 Å². The van der Waals surface area contributed by atoms with Gasteiger partial charge < -0.3 is 13.6 Å². The molecule has 0 spiro atoms. The number of rotatable bonds is 4. The van der Waals surface area contributed by atoms with Crippen LogP contribution in [0.4, 0.5) is 0 Å². The quantitative estimate of drug-likeness (QED) is 0.675. The molecule has 0 amide bonds. The SMILES string of the molecule is CC(C)(C)c1ccc(C(=O)OCc2nnc(-c3ccco3)o2)cc1. The van der Waals surface area contributed by atoms with Gasteiger partial charge in [0, 0.05) is 0 Å². The molecule has 3 rings (SSSR count). The number of esters is 1. The monoisotopic (exact) mass is 326 g/mol. The fourth-order valence-electron chi connectivity index (χ4n) is 2.13. The zero-order valence-corrected chi connectivity index (χ0v) is 13.8. The van der Waals surface area contributed by atoms with Gasteiger partial charge in [0.2, 0.25) is 0 Å². The van der Waals surface area contributed by atoms with Crippen LogP contribution in [0, 0.1) is 0 Å². The van der Waals surface area contributed by atoms with Gasteiger partial charge in [0.05, 0.1) is 11.8 Å². The summed E-state index contributed by atoms with van der Waals surface area (Å²) in [5.41, 5.74) is 1.67. The van der Waals surface area contributed by atoms with Crippen molar-refractivity contribution in [1.29, 1.82) is 0 Å². The first kappa shape index (κ1) is 16.0. The third-order valence-electron chi connectivity index (χ3n) is 3.51. The van der Waals surface area contributed by atoms with Crippen molar-refractivity contribution >= 4 is 5.97 Å². The third-order valence-corrected chi connectivity index (χ3v) is 3.51. The Kier molecular flexibility index (Phi) is 4.20. The van der Waals surface area contributed by atoms with E-state index in [1.807, 2.05) is 12.1 Å². The van der Waals surface area contributed by atoms with Gasteiger partial charge in [0.25, 0.3) is 11.8 Å². The van der Waals surface area contributed by atoms with Gasteiger partial charge in [-0.2, -0.15) is 0 Å². The smallest absolute Gasteiger partial charge is 0.338 e. The molecule has 0 N–H and O–H groups in total. The maximum atomic E-state index is 12.1. The van der Waals surface area contributed by atoms with Crippen molar-refractivity contribution in [3.63, 3.8) is 0 Å². The molecule has 0 bridgehead atoms. The van der Waals surface area contributed by atoms with Crippen molar-refractivity contribution in [1.82, 2.24) is 10.2 Å². The predicted molar refractivity (Wildman–Crippen MR) is 86.3 cm³/mol. The first-order chi connectivity index (χ1) is 11.4. The Balaban J connectivity index is 1.61. The van der Waals surface area contributed by atoms with Gasteiger partial charge in [-0.25, -0.2) is 4.79 Å². The number of hydrogen-bond donors (Lipinski definition) is 0. The number of nitrogens with zero attached hydrogens (tertiary/aromatic N) is 2. The maximum absolute atomic E-state index is 12.1. The summed E-state index contributed by atoms with van der Waals surface area (Å²) in [5, 5.41) is 7.68. The third kappa shape index (κ3) is 3.53. The number of carbonyl (C=O) groups is 1. The highest BCUT2D eigenvalue weighted by atomic mass is 16.5. The van der Waals surface area contributed by atoms with Crippen LogP contribution in [0.5, 0.6) is 0 Å². The largest absolute Gasteiger partial charge is 0.459 e. The van der Waals surface area contributed by atoms with E-state index in [1.165, 1.54) is 6.26 Å². The van der Waals surface area contributed by atoms with Crippen LogP contribution in [0.2, 0.25) is 0 Å². The second-order valence-electron chi connectivity index (χ2n) is 6.38. The second kappa shape index (κ2) is 6.31.